The van der Waals surface area contributed by atoms with Crippen LogP contribution in [0.5, 0.6) is 5.75 Å². The van der Waals surface area contributed by atoms with Gasteiger partial charge in [-0.05, 0) is 42.3 Å². The van der Waals surface area contributed by atoms with E-state index in [9.17, 15) is 9.59 Å². The summed E-state index contributed by atoms with van der Waals surface area (Å²) in [5.41, 5.74) is 2.67. The Bertz CT molecular complexity index is 980. The van der Waals surface area contributed by atoms with E-state index in [2.05, 4.69) is 5.32 Å². The van der Waals surface area contributed by atoms with Gasteiger partial charge in [-0.3, -0.25) is 9.59 Å². The van der Waals surface area contributed by atoms with Gasteiger partial charge in [-0.15, -0.1) is 0 Å². The molecule has 31 heavy (non-hydrogen) atoms. The predicted molar refractivity (Wildman–Crippen MR) is 121 cm³/mol. The first-order valence-electron chi connectivity index (χ1n) is 10.6. The molecule has 3 aromatic rings. The lowest BCUT2D eigenvalue weighted by Gasteiger charge is -2.21. The van der Waals surface area contributed by atoms with E-state index in [0.717, 1.165) is 22.6 Å². The number of hydrogen-bond donors (Lipinski definition) is 1. The summed E-state index contributed by atoms with van der Waals surface area (Å²) in [5.74, 6) is 0.266. The molecule has 0 spiro atoms. The Morgan fingerprint density at radius 1 is 0.968 bits per heavy atom. The number of amides is 2. The van der Waals surface area contributed by atoms with Crippen LogP contribution in [0.1, 0.15) is 30.4 Å². The third kappa shape index (κ3) is 4.77. The van der Waals surface area contributed by atoms with Crippen molar-refractivity contribution in [3.8, 4) is 5.75 Å². The Balaban J connectivity index is 1.49. The Kier molecular flexibility index (Phi) is 6.32. The van der Waals surface area contributed by atoms with Gasteiger partial charge >= 0.3 is 0 Å². The third-order valence-corrected chi connectivity index (χ3v) is 5.46. The molecule has 3 aromatic carbocycles. The minimum atomic E-state index is -0.419. The molecule has 4 rings (SSSR count). The second-order valence-corrected chi connectivity index (χ2v) is 7.60. The van der Waals surface area contributed by atoms with Gasteiger partial charge in [0.2, 0.25) is 11.8 Å². The van der Waals surface area contributed by atoms with Gasteiger partial charge < -0.3 is 15.0 Å². The molecule has 0 radical (unpaired) electrons. The molecule has 0 aromatic heterocycles. The van der Waals surface area contributed by atoms with Crippen molar-refractivity contribution in [2.75, 3.05) is 18.1 Å². The second kappa shape index (κ2) is 9.47. The van der Waals surface area contributed by atoms with E-state index < -0.39 is 5.92 Å². The van der Waals surface area contributed by atoms with Crippen LogP contribution in [-0.2, 0) is 9.59 Å². The number of nitrogens with one attached hydrogen (secondary N) is 1. The van der Waals surface area contributed by atoms with Gasteiger partial charge in [-0.25, -0.2) is 0 Å². The molecule has 0 unspecified atom stereocenters. The Morgan fingerprint density at radius 2 is 1.55 bits per heavy atom. The van der Waals surface area contributed by atoms with Crippen molar-refractivity contribution in [1.29, 1.82) is 0 Å². The molecule has 1 atom stereocenters. The summed E-state index contributed by atoms with van der Waals surface area (Å²) in [5, 5.41) is 3.11. The maximum atomic E-state index is 13.3. The molecule has 1 fully saturated rings. The number of anilines is 1. The van der Waals surface area contributed by atoms with Crippen LogP contribution in [0.3, 0.4) is 0 Å². The minimum Gasteiger partial charge on any atom is -0.494 e. The van der Waals surface area contributed by atoms with Crippen molar-refractivity contribution >= 4 is 17.5 Å². The molecule has 1 aliphatic rings. The maximum absolute atomic E-state index is 13.3. The average Bonchev–Trinajstić information content (AvgIpc) is 3.16. The molecule has 5 heteroatoms. The highest BCUT2D eigenvalue weighted by molar-refractivity contribution is 5.97. The number of carbonyl (C=O) groups is 2. The van der Waals surface area contributed by atoms with Crippen molar-refractivity contribution in [2.24, 2.45) is 0 Å². The molecule has 2 amide bonds. The summed E-state index contributed by atoms with van der Waals surface area (Å²) in [6.45, 7) is 2.98. The molecule has 1 N–H and O–H groups in total. The summed E-state index contributed by atoms with van der Waals surface area (Å²) in [4.78, 5) is 27.7. The summed E-state index contributed by atoms with van der Waals surface area (Å²) < 4.78 is 5.47. The zero-order valence-electron chi connectivity index (χ0n) is 17.5. The first kappa shape index (κ1) is 20.7. The van der Waals surface area contributed by atoms with E-state index in [0.29, 0.717) is 13.2 Å². The molecule has 1 heterocycles. The molecule has 0 aliphatic carbocycles. The van der Waals surface area contributed by atoms with Crippen LogP contribution < -0.4 is 15.0 Å². The Hall–Kier alpha value is -3.60. The molecule has 158 valence electrons. The van der Waals surface area contributed by atoms with Crippen LogP contribution in [0.2, 0.25) is 0 Å². The fourth-order valence-electron chi connectivity index (χ4n) is 4.01. The largest absolute Gasteiger partial charge is 0.494 e. The lowest BCUT2D eigenvalue weighted by molar-refractivity contribution is -0.122. The van der Waals surface area contributed by atoms with E-state index >= 15 is 0 Å². The number of rotatable bonds is 7. The van der Waals surface area contributed by atoms with Gasteiger partial charge in [-0.2, -0.15) is 0 Å². The first-order valence-corrected chi connectivity index (χ1v) is 10.6. The highest BCUT2D eigenvalue weighted by Gasteiger charge is 2.33. The van der Waals surface area contributed by atoms with Gasteiger partial charge in [0.05, 0.1) is 18.6 Å². The molecule has 0 saturated carbocycles. The fourth-order valence-corrected chi connectivity index (χ4v) is 4.01. The van der Waals surface area contributed by atoms with E-state index in [1.54, 1.807) is 4.90 Å². The van der Waals surface area contributed by atoms with Gasteiger partial charge in [0.25, 0.3) is 0 Å². The molecule has 0 bridgehead atoms. The van der Waals surface area contributed by atoms with Crippen molar-refractivity contribution in [1.82, 2.24) is 5.32 Å². The second-order valence-electron chi connectivity index (χ2n) is 7.60. The SMILES string of the molecule is CCOc1ccc(N2C[C@@H](NC(=O)C(c3ccccc3)c3ccccc3)CC2=O)cc1. The topological polar surface area (TPSA) is 58.6 Å². The summed E-state index contributed by atoms with van der Waals surface area (Å²) in [6, 6.07) is 26.7. The standard InChI is InChI=1S/C26H26N2O3/c1-2-31-23-15-13-22(14-16-23)28-18-21(17-24(28)29)27-26(30)25(19-9-5-3-6-10-19)20-11-7-4-8-12-20/h3-16,21,25H,2,17-18H2,1H3,(H,27,30)/t21-/m0/s1. The van der Waals surface area contributed by atoms with E-state index in [4.69, 9.17) is 4.74 Å². The third-order valence-electron chi connectivity index (χ3n) is 5.46. The van der Waals surface area contributed by atoms with Gasteiger partial charge in [0.15, 0.2) is 0 Å². The lowest BCUT2D eigenvalue weighted by atomic mass is 9.90. The van der Waals surface area contributed by atoms with Crippen molar-refractivity contribution in [3.05, 3.63) is 96.1 Å². The van der Waals surface area contributed by atoms with Crippen molar-refractivity contribution < 1.29 is 14.3 Å². The molecule has 5 nitrogen and oxygen atoms in total. The molecular formula is C26H26N2O3. The Morgan fingerprint density at radius 3 is 2.10 bits per heavy atom. The normalized spacial score (nSPS) is 15.9. The number of carbonyl (C=O) groups excluding carboxylic acids is 2. The zero-order valence-corrected chi connectivity index (χ0v) is 17.5. The van der Waals surface area contributed by atoms with Crippen LogP contribution >= 0.6 is 0 Å². The lowest BCUT2D eigenvalue weighted by Crippen LogP contribution is -2.40. The minimum absolute atomic E-state index is 0.00503. The van der Waals surface area contributed by atoms with Gasteiger partial charge in [-0.1, -0.05) is 60.7 Å². The number of hydrogen-bond acceptors (Lipinski definition) is 3. The van der Waals surface area contributed by atoms with Crippen molar-refractivity contribution in [2.45, 2.75) is 25.3 Å². The monoisotopic (exact) mass is 414 g/mol. The Labute approximate surface area is 182 Å². The average molecular weight is 415 g/mol. The first-order chi connectivity index (χ1) is 15.2. The van der Waals surface area contributed by atoms with Crippen LogP contribution in [-0.4, -0.2) is 31.0 Å². The summed E-state index contributed by atoms with van der Waals surface area (Å²) >= 11 is 0. The van der Waals surface area contributed by atoms with Crippen LogP contribution in [0.4, 0.5) is 5.69 Å². The van der Waals surface area contributed by atoms with Crippen LogP contribution in [0, 0.1) is 0 Å². The fraction of sp³-hybridized carbons (Fsp3) is 0.231. The predicted octanol–water partition coefficient (Wildman–Crippen LogP) is 4.14. The summed E-state index contributed by atoms with van der Waals surface area (Å²) in [6.07, 6.45) is 0.287. The molecule has 1 aliphatic heterocycles. The van der Waals surface area contributed by atoms with Gasteiger partial charge in [0, 0.05) is 18.7 Å². The number of nitrogens with zero attached hydrogens (tertiary/aromatic N) is 1. The highest BCUT2D eigenvalue weighted by Crippen LogP contribution is 2.27. The van der Waals surface area contributed by atoms with E-state index in [1.807, 2.05) is 91.9 Å². The van der Waals surface area contributed by atoms with Crippen LogP contribution in [0.15, 0.2) is 84.9 Å². The zero-order chi connectivity index (χ0) is 21.6. The van der Waals surface area contributed by atoms with E-state index in [-0.39, 0.29) is 24.3 Å². The quantitative estimate of drug-likeness (QED) is 0.632. The smallest absolute Gasteiger partial charge is 0.232 e. The van der Waals surface area contributed by atoms with E-state index in [1.165, 1.54) is 0 Å². The van der Waals surface area contributed by atoms with Gasteiger partial charge in [0.1, 0.15) is 5.75 Å². The summed E-state index contributed by atoms with van der Waals surface area (Å²) in [7, 11) is 0. The molecule has 1 saturated heterocycles. The highest BCUT2D eigenvalue weighted by atomic mass is 16.5. The number of ether oxygens (including phenoxy) is 1. The van der Waals surface area contributed by atoms with Crippen LogP contribution in [0.25, 0.3) is 0 Å². The number of benzene rings is 3. The molecular weight excluding hydrogens is 388 g/mol. The van der Waals surface area contributed by atoms with Crippen molar-refractivity contribution in [3.63, 3.8) is 0 Å². The maximum Gasteiger partial charge on any atom is 0.232 e.